The van der Waals surface area contributed by atoms with E-state index in [-0.39, 0.29) is 17.2 Å². The SMILES string of the molecule is CCN(CC1CCN(S(=O)(=O)C(C)C)CC1)C(C)Cc1cccc(C(F)(F)F)c1.O=C(O[C@@H](C(=O)O)[C@@H](OC(=O)c1ccccc1)C(=O)O)c1ccccc1. The van der Waals surface area contributed by atoms with Crippen molar-refractivity contribution < 1.29 is 60.5 Å². The number of carbonyl (C=O) groups is 4. The van der Waals surface area contributed by atoms with Gasteiger partial charge in [-0.15, -0.1) is 0 Å². The normalized spacial score (nSPS) is 15.7. The number of aliphatic carboxylic acids is 2. The minimum absolute atomic E-state index is 0.0253. The molecule has 4 rings (SSSR count). The van der Waals surface area contributed by atoms with Crippen molar-refractivity contribution in [3.8, 4) is 0 Å². The zero-order valence-corrected chi connectivity index (χ0v) is 31.8. The molecule has 3 atom stereocenters. The number of benzene rings is 3. The van der Waals surface area contributed by atoms with Crippen LogP contribution < -0.4 is 0 Å². The lowest BCUT2D eigenvalue weighted by Crippen LogP contribution is -2.45. The highest BCUT2D eigenvalue weighted by Gasteiger charge is 2.41. The number of carboxylic acid groups (broad SMARTS) is 2. The quantitative estimate of drug-likeness (QED) is 0.173. The predicted octanol–water partition coefficient (Wildman–Crippen LogP) is 6.02. The Kier molecular flexibility index (Phi) is 16.4. The number of alkyl halides is 3. The van der Waals surface area contributed by atoms with Crippen molar-refractivity contribution in [2.75, 3.05) is 26.2 Å². The second kappa shape index (κ2) is 20.2. The van der Waals surface area contributed by atoms with Crippen LogP contribution in [-0.4, -0.2) is 101 Å². The lowest BCUT2D eigenvalue weighted by molar-refractivity contribution is -0.166. The number of esters is 2. The molecule has 0 saturated carbocycles. The summed E-state index contributed by atoms with van der Waals surface area (Å²) in [7, 11) is -3.20. The van der Waals surface area contributed by atoms with Crippen LogP contribution in [0, 0.1) is 5.92 Å². The van der Waals surface area contributed by atoms with Crippen LogP contribution in [0.4, 0.5) is 13.2 Å². The Hall–Kier alpha value is -4.80. The van der Waals surface area contributed by atoms with Crippen LogP contribution in [0.25, 0.3) is 0 Å². The number of carbonyl (C=O) groups excluding carboxylic acids is 2. The maximum absolute atomic E-state index is 12.9. The zero-order valence-electron chi connectivity index (χ0n) is 31.0. The first-order valence-corrected chi connectivity index (χ1v) is 19.2. The molecule has 1 aliphatic heterocycles. The highest BCUT2D eigenvalue weighted by atomic mass is 32.2. The number of hydrogen-bond acceptors (Lipinski definition) is 9. The summed E-state index contributed by atoms with van der Waals surface area (Å²) in [4.78, 5) is 49.1. The van der Waals surface area contributed by atoms with Gasteiger partial charge in [-0.05, 0) is 88.4 Å². The molecule has 0 spiro atoms. The second-order valence-corrected chi connectivity index (χ2v) is 15.8. The summed E-state index contributed by atoms with van der Waals surface area (Å²) in [5.41, 5.74) is 0.127. The van der Waals surface area contributed by atoms with Crippen molar-refractivity contribution >= 4 is 33.9 Å². The van der Waals surface area contributed by atoms with Crippen molar-refractivity contribution in [1.29, 1.82) is 0 Å². The summed E-state index contributed by atoms with van der Waals surface area (Å²) in [6.45, 7) is 10.3. The Morgan fingerprint density at radius 3 is 1.67 bits per heavy atom. The number of likely N-dealkylation sites (N-methyl/N-ethyl adjacent to an activating group) is 1. The van der Waals surface area contributed by atoms with E-state index in [0.717, 1.165) is 32.0 Å². The van der Waals surface area contributed by atoms with Gasteiger partial charge >= 0.3 is 30.1 Å². The molecule has 3 aromatic carbocycles. The van der Waals surface area contributed by atoms with Crippen molar-refractivity contribution in [2.45, 2.75) is 76.6 Å². The van der Waals surface area contributed by atoms with E-state index in [1.54, 1.807) is 36.4 Å². The standard InChI is InChI=1S/C21H33F3N2O2S.C18H14O8/c1-5-25(15-18-9-11-26(12-10-18)29(27,28)16(2)3)17(4)13-19-7-6-8-20(14-19)21(22,23)24;19-15(20)13(25-17(23)11-7-3-1-4-8-11)14(16(21)22)26-18(24)12-9-5-2-6-10-12/h6-8,14,16-18H,5,9-13,15H2,1-4H3;1-10,13-14H,(H,19,20)(H,21,22)/t;13-,14-/m.1/s1. The summed E-state index contributed by atoms with van der Waals surface area (Å²) in [5.74, 6) is -5.23. The fraction of sp³-hybridized carbons (Fsp3) is 0.436. The van der Waals surface area contributed by atoms with Crippen LogP contribution in [0.1, 0.15) is 72.4 Å². The lowest BCUT2D eigenvalue weighted by atomic mass is 9.96. The van der Waals surface area contributed by atoms with Gasteiger partial charge in [-0.1, -0.05) is 61.5 Å². The fourth-order valence-corrected chi connectivity index (χ4v) is 7.26. The molecule has 1 saturated heterocycles. The monoisotopic (exact) mass is 792 g/mol. The third-order valence-corrected chi connectivity index (χ3v) is 11.4. The molecule has 1 unspecified atom stereocenters. The molecular weight excluding hydrogens is 745 g/mol. The van der Waals surface area contributed by atoms with E-state index in [0.29, 0.717) is 31.0 Å². The first kappa shape index (κ1) is 44.6. The molecule has 0 bridgehead atoms. The average molecular weight is 793 g/mol. The molecule has 1 fully saturated rings. The van der Waals surface area contributed by atoms with Gasteiger partial charge in [-0.25, -0.2) is 31.9 Å². The number of hydrogen-bond donors (Lipinski definition) is 2. The Balaban J connectivity index is 0.000000297. The Bertz CT molecular complexity index is 1770. The first-order chi connectivity index (χ1) is 25.8. The number of piperidine rings is 1. The van der Waals surface area contributed by atoms with Gasteiger partial charge in [0.15, 0.2) is 0 Å². The van der Waals surface area contributed by atoms with E-state index >= 15 is 0 Å². The van der Waals surface area contributed by atoms with E-state index in [4.69, 9.17) is 9.47 Å². The van der Waals surface area contributed by atoms with Crippen molar-refractivity contribution in [2.24, 2.45) is 5.92 Å². The zero-order chi connectivity index (χ0) is 40.9. The van der Waals surface area contributed by atoms with E-state index in [2.05, 4.69) is 11.8 Å². The van der Waals surface area contributed by atoms with Gasteiger partial charge in [-0.3, -0.25) is 0 Å². The van der Waals surface area contributed by atoms with Gasteiger partial charge in [0.2, 0.25) is 22.2 Å². The Morgan fingerprint density at radius 1 is 0.800 bits per heavy atom. The molecule has 0 amide bonds. The molecule has 12 nitrogen and oxygen atoms in total. The van der Waals surface area contributed by atoms with Gasteiger partial charge in [0.25, 0.3) is 0 Å². The summed E-state index contributed by atoms with van der Waals surface area (Å²) in [6, 6.07) is 20.5. The third-order valence-electron chi connectivity index (χ3n) is 9.09. The van der Waals surface area contributed by atoms with Crippen molar-refractivity contribution in [3.05, 3.63) is 107 Å². The molecule has 0 aliphatic carbocycles. The number of carboxylic acids is 2. The van der Waals surface area contributed by atoms with E-state index in [9.17, 15) is 51.0 Å². The molecule has 1 heterocycles. The summed E-state index contributed by atoms with van der Waals surface area (Å²) < 4.78 is 74.6. The third kappa shape index (κ3) is 13.2. The van der Waals surface area contributed by atoms with Crippen LogP contribution >= 0.6 is 0 Å². The lowest BCUT2D eigenvalue weighted by Gasteiger charge is -2.36. The maximum atomic E-state index is 12.9. The molecule has 1 aliphatic rings. The highest BCUT2D eigenvalue weighted by molar-refractivity contribution is 7.89. The van der Waals surface area contributed by atoms with Crippen LogP contribution in [0.15, 0.2) is 84.9 Å². The van der Waals surface area contributed by atoms with E-state index in [1.165, 1.54) is 60.7 Å². The molecule has 2 N–H and O–H groups in total. The maximum Gasteiger partial charge on any atom is 0.416 e. The fourth-order valence-electron chi connectivity index (χ4n) is 5.94. The molecule has 300 valence electrons. The van der Waals surface area contributed by atoms with E-state index < -0.39 is 63.1 Å². The van der Waals surface area contributed by atoms with Crippen LogP contribution in [0.2, 0.25) is 0 Å². The minimum atomic E-state index is -4.33. The Labute approximate surface area is 318 Å². The average Bonchev–Trinajstić information content (AvgIpc) is 3.15. The number of nitrogens with zero attached hydrogens (tertiary/aromatic N) is 2. The van der Waals surface area contributed by atoms with Crippen molar-refractivity contribution in [3.63, 3.8) is 0 Å². The van der Waals surface area contributed by atoms with Gasteiger partial charge < -0.3 is 24.6 Å². The van der Waals surface area contributed by atoms with Crippen LogP contribution in [-0.2, 0) is 41.7 Å². The molecular formula is C39H47F3N2O10S. The summed E-state index contributed by atoms with van der Waals surface area (Å²) in [5, 5.41) is 18.1. The van der Waals surface area contributed by atoms with Gasteiger partial charge in [0.05, 0.1) is 21.9 Å². The van der Waals surface area contributed by atoms with Crippen LogP contribution in [0.5, 0.6) is 0 Å². The molecule has 16 heteroatoms. The molecule has 55 heavy (non-hydrogen) atoms. The number of rotatable bonds is 15. The smallest absolute Gasteiger partial charge is 0.416 e. The number of ether oxygens (including phenoxy) is 2. The minimum Gasteiger partial charge on any atom is -0.478 e. The van der Waals surface area contributed by atoms with Gasteiger partial charge in [0, 0.05) is 25.7 Å². The van der Waals surface area contributed by atoms with Gasteiger partial charge in [-0.2, -0.15) is 13.2 Å². The molecule has 0 radical (unpaired) electrons. The topological polar surface area (TPSA) is 168 Å². The van der Waals surface area contributed by atoms with E-state index in [1.807, 2.05) is 6.92 Å². The van der Waals surface area contributed by atoms with Crippen LogP contribution in [0.3, 0.4) is 0 Å². The van der Waals surface area contributed by atoms with Gasteiger partial charge in [0.1, 0.15) is 0 Å². The number of halogens is 3. The highest BCUT2D eigenvalue weighted by Crippen LogP contribution is 2.30. The predicted molar refractivity (Wildman–Crippen MR) is 197 cm³/mol. The Morgan fingerprint density at radius 2 is 1.27 bits per heavy atom. The van der Waals surface area contributed by atoms with Crippen molar-refractivity contribution in [1.82, 2.24) is 9.21 Å². The number of sulfonamides is 1. The molecule has 0 aromatic heterocycles. The first-order valence-electron chi connectivity index (χ1n) is 17.7. The largest absolute Gasteiger partial charge is 0.478 e. The summed E-state index contributed by atoms with van der Waals surface area (Å²) >= 11 is 0. The second-order valence-electron chi connectivity index (χ2n) is 13.3. The summed E-state index contributed by atoms with van der Waals surface area (Å²) in [6.07, 6.45) is -6.57. The molecule has 3 aromatic rings.